The number of hydrogen-bond donors (Lipinski definition) is 2. The summed E-state index contributed by atoms with van der Waals surface area (Å²) in [5.74, 6) is 0. The summed E-state index contributed by atoms with van der Waals surface area (Å²) >= 11 is 9.13. The third kappa shape index (κ3) is 1.40. The Morgan fingerprint density at radius 1 is 1.50 bits per heavy atom. The SMILES string of the molecule is O/N=C(/Cl)c1c[nH]c2c(Br)cccc12. The van der Waals surface area contributed by atoms with Crippen molar-refractivity contribution < 1.29 is 5.21 Å². The number of oxime groups is 1. The van der Waals surface area contributed by atoms with Gasteiger partial charge in [0.15, 0.2) is 5.17 Å². The molecule has 3 nitrogen and oxygen atoms in total. The number of fused-ring (bicyclic) bond motifs is 1. The van der Waals surface area contributed by atoms with E-state index in [-0.39, 0.29) is 5.17 Å². The van der Waals surface area contributed by atoms with Gasteiger partial charge in [-0.2, -0.15) is 0 Å². The molecule has 0 atom stereocenters. The van der Waals surface area contributed by atoms with Crippen LogP contribution in [0.4, 0.5) is 0 Å². The largest absolute Gasteiger partial charge is 0.410 e. The predicted octanol–water partition coefficient (Wildman–Crippen LogP) is 3.31. The molecule has 0 aliphatic rings. The third-order valence-corrected chi connectivity index (χ3v) is 2.91. The molecule has 2 rings (SSSR count). The topological polar surface area (TPSA) is 48.4 Å². The molecule has 14 heavy (non-hydrogen) atoms. The molecule has 0 bridgehead atoms. The van der Waals surface area contributed by atoms with Crippen molar-refractivity contribution in [2.45, 2.75) is 0 Å². The molecule has 0 saturated heterocycles. The minimum absolute atomic E-state index is 0.0781. The first-order valence-corrected chi connectivity index (χ1v) is 5.04. The number of halogens is 2. The van der Waals surface area contributed by atoms with Gasteiger partial charge in [0.25, 0.3) is 0 Å². The van der Waals surface area contributed by atoms with Crippen LogP contribution in [0, 0.1) is 0 Å². The fraction of sp³-hybridized carbons (Fsp3) is 0. The van der Waals surface area contributed by atoms with Crippen LogP contribution in [0.2, 0.25) is 0 Å². The van der Waals surface area contributed by atoms with Gasteiger partial charge in [0, 0.05) is 21.6 Å². The van der Waals surface area contributed by atoms with Gasteiger partial charge >= 0.3 is 0 Å². The number of benzene rings is 1. The molecule has 1 aromatic carbocycles. The maximum absolute atomic E-state index is 8.57. The summed E-state index contributed by atoms with van der Waals surface area (Å²) in [5, 5.41) is 12.5. The van der Waals surface area contributed by atoms with E-state index >= 15 is 0 Å². The first-order valence-electron chi connectivity index (χ1n) is 3.87. The highest BCUT2D eigenvalue weighted by atomic mass is 79.9. The van der Waals surface area contributed by atoms with Crippen molar-refractivity contribution >= 4 is 43.6 Å². The summed E-state index contributed by atoms with van der Waals surface area (Å²) in [6.07, 6.45) is 1.71. The Hall–Kier alpha value is -1.00. The van der Waals surface area contributed by atoms with E-state index in [1.807, 2.05) is 18.2 Å². The van der Waals surface area contributed by atoms with E-state index in [1.54, 1.807) is 6.20 Å². The lowest BCUT2D eigenvalue weighted by Crippen LogP contribution is -1.87. The van der Waals surface area contributed by atoms with Crippen molar-refractivity contribution in [1.29, 1.82) is 0 Å². The molecule has 0 saturated carbocycles. The smallest absolute Gasteiger partial charge is 0.177 e. The zero-order valence-corrected chi connectivity index (χ0v) is 9.30. The highest BCUT2D eigenvalue weighted by Gasteiger charge is 2.09. The first kappa shape index (κ1) is 9.55. The Kier molecular flexibility index (Phi) is 2.48. The Bertz CT molecular complexity index is 506. The highest BCUT2D eigenvalue weighted by molar-refractivity contribution is 9.10. The van der Waals surface area contributed by atoms with Gasteiger partial charge in [-0.05, 0) is 22.0 Å². The maximum Gasteiger partial charge on any atom is 0.177 e. The van der Waals surface area contributed by atoms with Gasteiger partial charge in [-0.15, -0.1) is 0 Å². The Morgan fingerprint density at radius 2 is 2.29 bits per heavy atom. The summed E-state index contributed by atoms with van der Waals surface area (Å²) in [6, 6.07) is 5.72. The number of nitrogens with zero attached hydrogens (tertiary/aromatic N) is 1. The van der Waals surface area contributed by atoms with Crippen LogP contribution in [-0.2, 0) is 0 Å². The second kappa shape index (κ2) is 3.63. The lowest BCUT2D eigenvalue weighted by Gasteiger charge is -1.95. The van der Waals surface area contributed by atoms with Crippen LogP contribution in [0.5, 0.6) is 0 Å². The molecule has 0 fully saturated rings. The molecule has 2 N–H and O–H groups in total. The minimum atomic E-state index is 0.0781. The van der Waals surface area contributed by atoms with Gasteiger partial charge in [0.1, 0.15) is 0 Å². The molecular weight excluding hydrogens is 267 g/mol. The second-order valence-corrected chi connectivity index (χ2v) is 3.97. The molecule has 0 aliphatic carbocycles. The number of hydrogen-bond acceptors (Lipinski definition) is 2. The van der Waals surface area contributed by atoms with E-state index in [0.29, 0.717) is 5.56 Å². The molecule has 5 heteroatoms. The minimum Gasteiger partial charge on any atom is -0.410 e. The fourth-order valence-corrected chi connectivity index (χ4v) is 1.98. The number of aromatic amines is 1. The molecule has 72 valence electrons. The lowest BCUT2D eigenvalue weighted by molar-refractivity contribution is 0.321. The van der Waals surface area contributed by atoms with Crippen molar-refractivity contribution in [2.75, 3.05) is 0 Å². The zero-order chi connectivity index (χ0) is 10.1. The number of nitrogens with one attached hydrogen (secondary N) is 1. The van der Waals surface area contributed by atoms with E-state index in [1.165, 1.54) is 0 Å². The van der Waals surface area contributed by atoms with Crippen molar-refractivity contribution in [2.24, 2.45) is 5.16 Å². The molecule has 0 spiro atoms. The highest BCUT2D eigenvalue weighted by Crippen LogP contribution is 2.26. The summed E-state index contributed by atoms with van der Waals surface area (Å²) in [5.41, 5.74) is 1.62. The normalized spacial score (nSPS) is 12.3. The lowest BCUT2D eigenvalue weighted by atomic mass is 10.2. The summed E-state index contributed by atoms with van der Waals surface area (Å²) < 4.78 is 0.948. The van der Waals surface area contributed by atoms with Crippen molar-refractivity contribution in [3.05, 3.63) is 34.4 Å². The van der Waals surface area contributed by atoms with Crippen LogP contribution >= 0.6 is 27.5 Å². The van der Waals surface area contributed by atoms with E-state index in [9.17, 15) is 0 Å². The van der Waals surface area contributed by atoms with Crippen molar-refractivity contribution in [3.63, 3.8) is 0 Å². The number of rotatable bonds is 1. The van der Waals surface area contributed by atoms with Crippen molar-refractivity contribution in [3.8, 4) is 0 Å². The van der Waals surface area contributed by atoms with Gasteiger partial charge in [0.05, 0.1) is 5.52 Å². The summed E-state index contributed by atoms with van der Waals surface area (Å²) in [6.45, 7) is 0. The van der Waals surface area contributed by atoms with Gasteiger partial charge in [-0.25, -0.2) is 0 Å². The van der Waals surface area contributed by atoms with Crippen LogP contribution in [0.15, 0.2) is 34.0 Å². The average Bonchev–Trinajstić information content (AvgIpc) is 2.62. The fourth-order valence-electron chi connectivity index (χ4n) is 1.34. The predicted molar refractivity (Wildman–Crippen MR) is 60.2 cm³/mol. The Labute approximate surface area is 93.5 Å². The summed E-state index contributed by atoms with van der Waals surface area (Å²) in [7, 11) is 0. The Morgan fingerprint density at radius 3 is 3.00 bits per heavy atom. The molecule has 2 aromatic rings. The monoisotopic (exact) mass is 272 g/mol. The molecule has 1 heterocycles. The van der Waals surface area contributed by atoms with Crippen LogP contribution in [0.1, 0.15) is 5.56 Å². The van der Waals surface area contributed by atoms with E-state index in [4.69, 9.17) is 16.8 Å². The van der Waals surface area contributed by atoms with E-state index in [0.717, 1.165) is 15.4 Å². The molecule has 0 radical (unpaired) electrons. The number of H-pyrrole nitrogens is 1. The average molecular weight is 274 g/mol. The molecule has 0 amide bonds. The van der Waals surface area contributed by atoms with E-state index in [2.05, 4.69) is 26.1 Å². The first-order chi connectivity index (χ1) is 6.74. The molecule has 0 unspecified atom stereocenters. The standard InChI is InChI=1S/C9H6BrClN2O/c10-7-3-1-2-5-6(9(11)13-14)4-12-8(5)7/h1-4,12,14H/b13-9+. The quantitative estimate of drug-likeness (QED) is 0.467. The van der Waals surface area contributed by atoms with Crippen molar-refractivity contribution in [1.82, 2.24) is 4.98 Å². The summed E-state index contributed by atoms with van der Waals surface area (Å²) in [4.78, 5) is 3.05. The molecule has 0 aliphatic heterocycles. The van der Waals surface area contributed by atoms with Crippen LogP contribution < -0.4 is 0 Å². The molecule has 1 aromatic heterocycles. The van der Waals surface area contributed by atoms with Crippen LogP contribution in [-0.4, -0.2) is 15.4 Å². The van der Waals surface area contributed by atoms with Gasteiger partial charge in [0.2, 0.25) is 0 Å². The third-order valence-electron chi connectivity index (χ3n) is 1.97. The zero-order valence-electron chi connectivity index (χ0n) is 6.96. The van der Waals surface area contributed by atoms with Gasteiger partial charge < -0.3 is 10.2 Å². The molecular formula is C9H6BrClN2O. The maximum atomic E-state index is 8.57. The van der Waals surface area contributed by atoms with Crippen LogP contribution in [0.3, 0.4) is 0 Å². The van der Waals surface area contributed by atoms with E-state index < -0.39 is 0 Å². The second-order valence-electron chi connectivity index (χ2n) is 2.76. The number of aromatic nitrogens is 1. The van der Waals surface area contributed by atoms with Gasteiger partial charge in [-0.3, -0.25) is 0 Å². The van der Waals surface area contributed by atoms with Crippen LogP contribution in [0.25, 0.3) is 10.9 Å². The Balaban J connectivity index is 2.76. The van der Waals surface area contributed by atoms with Gasteiger partial charge in [-0.1, -0.05) is 28.9 Å². The number of para-hydroxylation sites is 1.